The summed E-state index contributed by atoms with van der Waals surface area (Å²) in [6, 6.07) is 11.6. The molecule has 0 aliphatic carbocycles. The van der Waals surface area contributed by atoms with E-state index >= 15 is 0 Å². The highest BCUT2D eigenvalue weighted by Gasteiger charge is 2.10. The van der Waals surface area contributed by atoms with Gasteiger partial charge in [-0.15, -0.1) is 11.8 Å². The summed E-state index contributed by atoms with van der Waals surface area (Å²) >= 11 is 1.63. The van der Waals surface area contributed by atoms with Crippen LogP contribution in [0.2, 0.25) is 0 Å². The molecule has 0 fully saturated rings. The molecule has 2 aromatic rings. The SMILES string of the molecule is CSc1cccc(-c2cc(C)[nH]c(=O)c2C#N)c1. The van der Waals surface area contributed by atoms with Gasteiger partial charge in [-0.25, -0.2) is 0 Å². The highest BCUT2D eigenvalue weighted by molar-refractivity contribution is 7.98. The van der Waals surface area contributed by atoms with Gasteiger partial charge in [-0.1, -0.05) is 12.1 Å². The van der Waals surface area contributed by atoms with E-state index in [2.05, 4.69) is 4.98 Å². The number of nitrogens with one attached hydrogen (secondary N) is 1. The summed E-state index contributed by atoms with van der Waals surface area (Å²) in [5.74, 6) is 0. The highest BCUT2D eigenvalue weighted by atomic mass is 32.2. The first-order chi connectivity index (χ1) is 8.65. The lowest BCUT2D eigenvalue weighted by molar-refractivity contribution is 1.13. The Hall–Kier alpha value is -1.99. The van der Waals surface area contributed by atoms with Gasteiger partial charge < -0.3 is 4.98 Å². The van der Waals surface area contributed by atoms with Crippen molar-refractivity contribution in [1.29, 1.82) is 5.26 Å². The second kappa shape index (κ2) is 5.11. The van der Waals surface area contributed by atoms with Crippen molar-refractivity contribution in [3.8, 4) is 17.2 Å². The average molecular weight is 256 g/mol. The number of rotatable bonds is 2. The van der Waals surface area contributed by atoms with Crippen LogP contribution in [0.15, 0.2) is 40.0 Å². The van der Waals surface area contributed by atoms with Gasteiger partial charge in [0.25, 0.3) is 5.56 Å². The lowest BCUT2D eigenvalue weighted by Gasteiger charge is -2.06. The van der Waals surface area contributed by atoms with Crippen molar-refractivity contribution < 1.29 is 0 Å². The third-order valence-electron chi connectivity index (χ3n) is 2.66. The average Bonchev–Trinajstić information content (AvgIpc) is 2.38. The summed E-state index contributed by atoms with van der Waals surface area (Å²) < 4.78 is 0. The van der Waals surface area contributed by atoms with Gasteiger partial charge in [0.2, 0.25) is 0 Å². The van der Waals surface area contributed by atoms with Crippen LogP contribution in [-0.2, 0) is 0 Å². The molecule has 0 unspecified atom stereocenters. The van der Waals surface area contributed by atoms with Crippen molar-refractivity contribution in [3.05, 3.63) is 51.9 Å². The number of hydrogen-bond donors (Lipinski definition) is 1. The van der Waals surface area contributed by atoms with E-state index in [1.807, 2.05) is 49.6 Å². The lowest BCUT2D eigenvalue weighted by atomic mass is 10.0. The third-order valence-corrected chi connectivity index (χ3v) is 3.39. The Balaban J connectivity index is 2.70. The third kappa shape index (κ3) is 2.31. The van der Waals surface area contributed by atoms with Crippen molar-refractivity contribution in [2.24, 2.45) is 0 Å². The number of thioether (sulfide) groups is 1. The Bertz CT molecular complexity index is 683. The van der Waals surface area contributed by atoms with Crippen LogP contribution < -0.4 is 5.56 Å². The maximum absolute atomic E-state index is 11.7. The fourth-order valence-electron chi connectivity index (χ4n) is 1.82. The fraction of sp³-hybridized carbons (Fsp3) is 0.143. The first-order valence-electron chi connectivity index (χ1n) is 5.44. The van der Waals surface area contributed by atoms with Gasteiger partial charge >= 0.3 is 0 Å². The van der Waals surface area contributed by atoms with Crippen LogP contribution in [0.3, 0.4) is 0 Å². The van der Waals surface area contributed by atoms with Gasteiger partial charge in [-0.3, -0.25) is 4.79 Å². The standard InChI is InChI=1S/C14H12N2OS/c1-9-6-12(13(8-15)14(17)16-9)10-4-3-5-11(7-10)18-2/h3-7H,1-2H3,(H,16,17). The van der Waals surface area contributed by atoms with E-state index in [1.54, 1.807) is 11.8 Å². The summed E-state index contributed by atoms with van der Waals surface area (Å²) in [4.78, 5) is 15.5. The van der Waals surface area contributed by atoms with E-state index in [0.717, 1.165) is 16.2 Å². The minimum atomic E-state index is -0.331. The number of H-pyrrole nitrogens is 1. The molecule has 0 saturated heterocycles. The number of aromatic nitrogens is 1. The first kappa shape index (κ1) is 12.5. The maximum Gasteiger partial charge on any atom is 0.266 e. The summed E-state index contributed by atoms with van der Waals surface area (Å²) in [5.41, 5.74) is 2.17. The van der Waals surface area contributed by atoms with Crippen LogP contribution >= 0.6 is 11.8 Å². The molecular formula is C14H12N2OS. The fourth-order valence-corrected chi connectivity index (χ4v) is 2.28. The Morgan fingerprint density at radius 1 is 1.33 bits per heavy atom. The van der Waals surface area contributed by atoms with Crippen molar-refractivity contribution in [2.45, 2.75) is 11.8 Å². The molecule has 0 aliphatic rings. The number of pyridine rings is 1. The smallest absolute Gasteiger partial charge is 0.266 e. The summed E-state index contributed by atoms with van der Waals surface area (Å²) in [6.07, 6.45) is 1.99. The van der Waals surface area contributed by atoms with Gasteiger partial charge in [0, 0.05) is 16.2 Å². The van der Waals surface area contributed by atoms with Crippen LogP contribution in [0.1, 0.15) is 11.3 Å². The molecule has 2 rings (SSSR count). The van der Waals surface area contributed by atoms with Crippen molar-refractivity contribution in [1.82, 2.24) is 4.98 Å². The van der Waals surface area contributed by atoms with Crippen LogP contribution in [0.5, 0.6) is 0 Å². The second-order valence-corrected chi connectivity index (χ2v) is 4.79. The second-order valence-electron chi connectivity index (χ2n) is 3.91. The van der Waals surface area contributed by atoms with E-state index in [0.29, 0.717) is 5.56 Å². The van der Waals surface area contributed by atoms with Crippen LogP contribution in [0.25, 0.3) is 11.1 Å². The van der Waals surface area contributed by atoms with E-state index in [-0.39, 0.29) is 11.1 Å². The monoisotopic (exact) mass is 256 g/mol. The normalized spacial score (nSPS) is 10.1. The zero-order valence-electron chi connectivity index (χ0n) is 10.2. The zero-order chi connectivity index (χ0) is 13.1. The predicted molar refractivity (Wildman–Crippen MR) is 73.7 cm³/mol. The lowest BCUT2D eigenvalue weighted by Crippen LogP contribution is -2.12. The molecular weight excluding hydrogens is 244 g/mol. The number of hydrogen-bond acceptors (Lipinski definition) is 3. The molecule has 1 N–H and O–H groups in total. The number of aromatic amines is 1. The van der Waals surface area contributed by atoms with E-state index in [9.17, 15) is 4.79 Å². The molecule has 1 aromatic carbocycles. The first-order valence-corrected chi connectivity index (χ1v) is 6.66. The topological polar surface area (TPSA) is 56.6 Å². The zero-order valence-corrected chi connectivity index (χ0v) is 11.0. The molecule has 1 aromatic heterocycles. The molecule has 4 heteroatoms. The Kier molecular flexibility index (Phi) is 3.54. The predicted octanol–water partition coefficient (Wildman–Crippen LogP) is 2.94. The van der Waals surface area contributed by atoms with Crippen LogP contribution in [0.4, 0.5) is 0 Å². The minimum absolute atomic E-state index is 0.166. The van der Waals surface area contributed by atoms with E-state index in [4.69, 9.17) is 5.26 Å². The molecule has 0 amide bonds. The molecule has 0 saturated carbocycles. The largest absolute Gasteiger partial charge is 0.325 e. The van der Waals surface area contributed by atoms with Gasteiger partial charge in [-0.05, 0) is 36.9 Å². The van der Waals surface area contributed by atoms with Crippen molar-refractivity contribution >= 4 is 11.8 Å². The van der Waals surface area contributed by atoms with Gasteiger partial charge in [0.05, 0.1) is 0 Å². The Labute approximate surface area is 109 Å². The van der Waals surface area contributed by atoms with Gasteiger partial charge in [0.1, 0.15) is 11.6 Å². The summed E-state index contributed by atoms with van der Waals surface area (Å²) in [6.45, 7) is 1.81. The minimum Gasteiger partial charge on any atom is -0.325 e. The molecule has 18 heavy (non-hydrogen) atoms. The van der Waals surface area contributed by atoms with Crippen LogP contribution in [-0.4, -0.2) is 11.2 Å². The number of nitriles is 1. The number of aryl methyl sites for hydroxylation is 1. The summed E-state index contributed by atoms with van der Waals surface area (Å²) in [7, 11) is 0. The maximum atomic E-state index is 11.7. The van der Waals surface area contributed by atoms with Gasteiger partial charge in [-0.2, -0.15) is 5.26 Å². The number of benzene rings is 1. The molecule has 0 radical (unpaired) electrons. The molecule has 0 bridgehead atoms. The van der Waals surface area contributed by atoms with Crippen molar-refractivity contribution in [2.75, 3.05) is 6.26 Å². The molecule has 0 atom stereocenters. The van der Waals surface area contributed by atoms with Gasteiger partial charge in [0.15, 0.2) is 0 Å². The molecule has 3 nitrogen and oxygen atoms in total. The summed E-state index contributed by atoms with van der Waals surface area (Å²) in [5, 5.41) is 9.10. The highest BCUT2D eigenvalue weighted by Crippen LogP contribution is 2.26. The molecule has 0 spiro atoms. The molecule has 0 aliphatic heterocycles. The van der Waals surface area contributed by atoms with Crippen molar-refractivity contribution in [3.63, 3.8) is 0 Å². The quantitative estimate of drug-likeness (QED) is 0.840. The number of nitrogens with zero attached hydrogens (tertiary/aromatic N) is 1. The molecule has 1 heterocycles. The van der Waals surface area contributed by atoms with Crippen LogP contribution in [0, 0.1) is 18.3 Å². The Morgan fingerprint density at radius 3 is 2.78 bits per heavy atom. The van der Waals surface area contributed by atoms with E-state index in [1.165, 1.54) is 0 Å². The Morgan fingerprint density at radius 2 is 2.11 bits per heavy atom. The van der Waals surface area contributed by atoms with E-state index < -0.39 is 0 Å². The molecule has 90 valence electrons.